The monoisotopic (exact) mass is 513 g/mol. The molecule has 0 atom stereocenters. The van der Waals surface area contributed by atoms with Crippen LogP contribution in [0.2, 0.25) is 0 Å². The summed E-state index contributed by atoms with van der Waals surface area (Å²) < 4.78 is 52.3. The first kappa shape index (κ1) is 26.7. The lowest BCUT2D eigenvalue weighted by Crippen LogP contribution is -2.43. The standard InChI is InChI=1S/C19H22FN7O2.C2HF3O2/c1-13-11-27(18-15(20)4-3-5-21-18)23-17(13)22-19(28)16-10-14(29-24-16)12-26-8-6-25(2)7-9-26;3-2(4,5)1(6)7/h3-5,10-11H,6-9,12H2,1-2H3,(H,22,23,28);(H,6,7). The van der Waals surface area contributed by atoms with Gasteiger partial charge < -0.3 is 19.8 Å². The largest absolute Gasteiger partial charge is 0.490 e. The highest BCUT2D eigenvalue weighted by Gasteiger charge is 2.38. The van der Waals surface area contributed by atoms with Crippen LogP contribution in [0.5, 0.6) is 0 Å². The third-order valence-corrected chi connectivity index (χ3v) is 5.09. The maximum absolute atomic E-state index is 13.9. The van der Waals surface area contributed by atoms with Crippen LogP contribution >= 0.6 is 0 Å². The Morgan fingerprint density at radius 1 is 1.22 bits per heavy atom. The van der Waals surface area contributed by atoms with Crippen LogP contribution in [0, 0.1) is 12.7 Å². The van der Waals surface area contributed by atoms with Gasteiger partial charge >= 0.3 is 12.1 Å². The first-order valence-corrected chi connectivity index (χ1v) is 10.6. The lowest BCUT2D eigenvalue weighted by atomic mass is 10.3. The Morgan fingerprint density at radius 3 is 2.50 bits per heavy atom. The number of carboxylic acid groups (broad SMARTS) is 1. The van der Waals surface area contributed by atoms with Gasteiger partial charge in [-0.15, -0.1) is 5.10 Å². The van der Waals surface area contributed by atoms with Gasteiger partial charge in [0.25, 0.3) is 5.91 Å². The normalized spacial score (nSPS) is 14.7. The number of carbonyl (C=O) groups excluding carboxylic acids is 1. The van der Waals surface area contributed by atoms with Crippen molar-refractivity contribution in [1.29, 1.82) is 0 Å². The average molecular weight is 513 g/mol. The van der Waals surface area contributed by atoms with Gasteiger partial charge in [-0.2, -0.15) is 13.2 Å². The quantitative estimate of drug-likeness (QED) is 0.494. The van der Waals surface area contributed by atoms with Crippen molar-refractivity contribution in [2.45, 2.75) is 19.6 Å². The molecule has 194 valence electrons. The summed E-state index contributed by atoms with van der Waals surface area (Å²) in [6, 6.07) is 4.44. The lowest BCUT2D eigenvalue weighted by molar-refractivity contribution is -0.192. The van der Waals surface area contributed by atoms with E-state index in [0.29, 0.717) is 23.7 Å². The molecule has 1 amide bonds. The molecule has 36 heavy (non-hydrogen) atoms. The summed E-state index contributed by atoms with van der Waals surface area (Å²) in [5, 5.41) is 17.9. The number of carbonyl (C=O) groups is 2. The van der Waals surface area contributed by atoms with Gasteiger partial charge in [0.1, 0.15) is 0 Å². The van der Waals surface area contributed by atoms with Crippen LogP contribution in [-0.4, -0.2) is 86.1 Å². The Bertz CT molecular complexity index is 1200. The van der Waals surface area contributed by atoms with Crippen LogP contribution in [-0.2, 0) is 11.3 Å². The van der Waals surface area contributed by atoms with Crippen LogP contribution in [0.1, 0.15) is 21.8 Å². The van der Waals surface area contributed by atoms with Crippen molar-refractivity contribution in [3.05, 3.63) is 53.4 Å². The Kier molecular flexibility index (Phi) is 8.37. The van der Waals surface area contributed by atoms with Crippen molar-refractivity contribution < 1.29 is 36.8 Å². The summed E-state index contributed by atoms with van der Waals surface area (Å²) in [7, 11) is 2.10. The van der Waals surface area contributed by atoms with E-state index in [4.69, 9.17) is 14.4 Å². The van der Waals surface area contributed by atoms with E-state index in [0.717, 1.165) is 26.2 Å². The minimum Gasteiger partial charge on any atom is -0.475 e. The molecule has 11 nitrogen and oxygen atoms in total. The van der Waals surface area contributed by atoms with E-state index in [2.05, 4.69) is 37.4 Å². The van der Waals surface area contributed by atoms with E-state index < -0.39 is 23.9 Å². The molecule has 4 rings (SSSR count). The van der Waals surface area contributed by atoms with Gasteiger partial charge in [-0.25, -0.2) is 18.9 Å². The number of aryl methyl sites for hydroxylation is 1. The van der Waals surface area contributed by atoms with E-state index in [-0.39, 0.29) is 11.5 Å². The zero-order chi connectivity index (χ0) is 26.5. The topological polar surface area (TPSA) is 130 Å². The Balaban J connectivity index is 0.000000454. The number of anilines is 1. The van der Waals surface area contributed by atoms with Crippen molar-refractivity contribution in [2.75, 3.05) is 38.5 Å². The molecule has 0 spiro atoms. The number of aromatic nitrogens is 4. The van der Waals surface area contributed by atoms with E-state index >= 15 is 0 Å². The number of carboxylic acids is 1. The summed E-state index contributed by atoms with van der Waals surface area (Å²) in [6.45, 7) is 6.27. The zero-order valence-electron chi connectivity index (χ0n) is 19.3. The summed E-state index contributed by atoms with van der Waals surface area (Å²) in [5.74, 6) is -2.69. The number of pyridine rings is 1. The predicted molar refractivity (Wildman–Crippen MR) is 117 cm³/mol. The van der Waals surface area contributed by atoms with E-state index in [1.165, 1.54) is 23.0 Å². The van der Waals surface area contributed by atoms with Crippen LogP contribution in [0.25, 0.3) is 5.82 Å². The van der Waals surface area contributed by atoms with Crippen molar-refractivity contribution >= 4 is 17.7 Å². The highest BCUT2D eigenvalue weighted by molar-refractivity contribution is 6.02. The molecule has 1 saturated heterocycles. The second kappa shape index (κ2) is 11.3. The molecule has 1 aliphatic rings. The maximum Gasteiger partial charge on any atom is 0.490 e. The molecule has 0 saturated carbocycles. The highest BCUT2D eigenvalue weighted by atomic mass is 19.4. The van der Waals surface area contributed by atoms with Gasteiger partial charge in [0.15, 0.2) is 28.9 Å². The molecule has 2 N–H and O–H groups in total. The molecule has 0 unspecified atom stereocenters. The number of alkyl halides is 3. The van der Waals surface area contributed by atoms with Gasteiger partial charge in [-0.05, 0) is 26.1 Å². The molecular weight excluding hydrogens is 490 g/mol. The fourth-order valence-corrected chi connectivity index (χ4v) is 3.13. The Labute approximate surface area is 202 Å². The van der Waals surface area contributed by atoms with Gasteiger partial charge in [-0.1, -0.05) is 5.16 Å². The van der Waals surface area contributed by atoms with Crippen LogP contribution < -0.4 is 5.32 Å². The molecule has 3 aromatic rings. The van der Waals surface area contributed by atoms with Crippen LogP contribution in [0.3, 0.4) is 0 Å². The molecular formula is C21H23F4N7O4. The Morgan fingerprint density at radius 2 is 1.89 bits per heavy atom. The molecule has 0 aliphatic carbocycles. The number of piperazine rings is 1. The summed E-state index contributed by atoms with van der Waals surface area (Å²) >= 11 is 0. The molecule has 0 bridgehead atoms. The fraction of sp³-hybridized carbons (Fsp3) is 0.381. The fourth-order valence-electron chi connectivity index (χ4n) is 3.13. The second-order valence-corrected chi connectivity index (χ2v) is 7.93. The number of hydrogen-bond donors (Lipinski definition) is 2. The number of hydrogen-bond acceptors (Lipinski definition) is 8. The minimum atomic E-state index is -5.08. The first-order valence-electron chi connectivity index (χ1n) is 10.6. The van der Waals surface area contributed by atoms with Crippen molar-refractivity contribution in [1.82, 2.24) is 29.7 Å². The number of likely N-dealkylation sites (N-methyl/N-ethyl adjacent to an activating group) is 1. The molecule has 0 aromatic carbocycles. The molecule has 15 heteroatoms. The summed E-state index contributed by atoms with van der Waals surface area (Å²) in [5.41, 5.74) is 0.844. The van der Waals surface area contributed by atoms with Gasteiger partial charge in [0.05, 0.1) is 6.54 Å². The lowest BCUT2D eigenvalue weighted by Gasteiger charge is -2.31. The first-order chi connectivity index (χ1) is 16.9. The molecule has 4 heterocycles. The third kappa shape index (κ3) is 7.08. The summed E-state index contributed by atoms with van der Waals surface area (Å²) in [4.78, 5) is 29.9. The van der Waals surface area contributed by atoms with E-state index in [1.807, 2.05) is 0 Å². The molecule has 1 fully saturated rings. The third-order valence-electron chi connectivity index (χ3n) is 5.09. The SMILES string of the molecule is Cc1cn(-c2ncccc2F)nc1NC(=O)c1cc(CN2CCN(C)CC2)on1.O=C(O)C(F)(F)F. The Hall–Kier alpha value is -3.85. The molecule has 3 aromatic heterocycles. The van der Waals surface area contributed by atoms with E-state index in [9.17, 15) is 22.4 Å². The average Bonchev–Trinajstić information content (AvgIpc) is 3.42. The maximum atomic E-state index is 13.9. The summed E-state index contributed by atoms with van der Waals surface area (Å²) in [6.07, 6.45) is -2.01. The minimum absolute atomic E-state index is 0.0620. The van der Waals surface area contributed by atoms with Crippen molar-refractivity contribution in [3.8, 4) is 5.82 Å². The predicted octanol–water partition coefficient (Wildman–Crippen LogP) is 2.34. The smallest absolute Gasteiger partial charge is 0.475 e. The number of aliphatic carboxylic acids is 1. The highest BCUT2D eigenvalue weighted by Crippen LogP contribution is 2.18. The zero-order valence-corrected chi connectivity index (χ0v) is 19.3. The van der Waals surface area contributed by atoms with Crippen LogP contribution in [0.4, 0.5) is 23.4 Å². The van der Waals surface area contributed by atoms with Crippen molar-refractivity contribution in [3.63, 3.8) is 0 Å². The molecule has 0 radical (unpaired) electrons. The van der Waals surface area contributed by atoms with Crippen molar-refractivity contribution in [2.24, 2.45) is 0 Å². The van der Waals surface area contributed by atoms with Gasteiger partial charge in [-0.3, -0.25) is 9.69 Å². The number of nitrogens with one attached hydrogen (secondary N) is 1. The number of amides is 1. The second-order valence-electron chi connectivity index (χ2n) is 7.93. The van der Waals surface area contributed by atoms with Gasteiger partial charge in [0, 0.05) is 50.2 Å². The number of rotatable bonds is 5. The van der Waals surface area contributed by atoms with E-state index in [1.54, 1.807) is 19.2 Å². The van der Waals surface area contributed by atoms with Crippen LogP contribution in [0.15, 0.2) is 35.1 Å². The number of halogens is 4. The number of nitrogens with zero attached hydrogens (tertiary/aromatic N) is 6. The van der Waals surface area contributed by atoms with Gasteiger partial charge in [0.2, 0.25) is 0 Å². The molecule has 1 aliphatic heterocycles.